The molecule has 0 bridgehead atoms. The highest BCUT2D eigenvalue weighted by molar-refractivity contribution is 6.37. The summed E-state index contributed by atoms with van der Waals surface area (Å²) in [5.74, 6) is 0.398. The number of rotatable bonds is 4. The molecule has 0 aliphatic heterocycles. The van der Waals surface area contributed by atoms with Gasteiger partial charge < -0.3 is 9.30 Å². The summed E-state index contributed by atoms with van der Waals surface area (Å²) in [5, 5.41) is 18.6. The third kappa shape index (κ3) is 2.85. The molecule has 1 aromatic heterocycles. The number of aromatic nitrogens is 2. The molecule has 5 nitrogen and oxygen atoms in total. The van der Waals surface area contributed by atoms with Crippen LogP contribution in [0.2, 0.25) is 10.0 Å². The van der Waals surface area contributed by atoms with E-state index in [0.717, 1.165) is 0 Å². The highest BCUT2D eigenvalue weighted by atomic mass is 35.5. The first kappa shape index (κ1) is 14.2. The molecular weight excluding hydrogens is 299 g/mol. The molecule has 0 radical (unpaired) electrons. The zero-order chi connectivity index (χ0) is 14.5. The number of para-hydroxylation sites is 1. The topological polar surface area (TPSA) is 74.6 Å². The standard InChI is InChI=1S/C13H8Cl2N4O/c14-9-2-1-3-10(15)13(9)20-5-4-19-8-18-11(6-16)12(19)7-17/h1-3,8H,4-5H2. The van der Waals surface area contributed by atoms with E-state index in [0.29, 0.717) is 22.3 Å². The summed E-state index contributed by atoms with van der Waals surface area (Å²) in [6.07, 6.45) is 1.43. The van der Waals surface area contributed by atoms with Crippen LogP contribution in [0.1, 0.15) is 11.4 Å². The molecule has 0 N–H and O–H groups in total. The zero-order valence-electron chi connectivity index (χ0n) is 10.2. The SMILES string of the molecule is N#Cc1ncn(CCOc2c(Cl)cccc2Cl)c1C#N. The molecule has 0 spiro atoms. The van der Waals surface area contributed by atoms with Crippen molar-refractivity contribution < 1.29 is 4.74 Å². The highest BCUT2D eigenvalue weighted by Gasteiger charge is 2.11. The number of hydrogen-bond acceptors (Lipinski definition) is 4. The molecule has 0 fully saturated rings. The first-order valence-electron chi connectivity index (χ1n) is 5.59. The van der Waals surface area contributed by atoms with Crippen LogP contribution in [-0.4, -0.2) is 16.2 Å². The fraction of sp³-hybridized carbons (Fsp3) is 0.154. The van der Waals surface area contributed by atoms with Gasteiger partial charge in [-0.2, -0.15) is 10.5 Å². The lowest BCUT2D eigenvalue weighted by Crippen LogP contribution is -2.09. The number of halogens is 2. The highest BCUT2D eigenvalue weighted by Crippen LogP contribution is 2.32. The Morgan fingerprint density at radius 1 is 1.20 bits per heavy atom. The first-order valence-corrected chi connectivity index (χ1v) is 6.35. The minimum atomic E-state index is 0.100. The van der Waals surface area contributed by atoms with Crippen molar-refractivity contribution in [3.63, 3.8) is 0 Å². The Balaban J connectivity index is 2.06. The van der Waals surface area contributed by atoms with Gasteiger partial charge in [0.25, 0.3) is 0 Å². The normalized spacial score (nSPS) is 9.80. The van der Waals surface area contributed by atoms with E-state index in [9.17, 15) is 0 Å². The third-order valence-electron chi connectivity index (χ3n) is 2.55. The fourth-order valence-electron chi connectivity index (χ4n) is 1.62. The van der Waals surface area contributed by atoms with E-state index in [4.69, 9.17) is 38.5 Å². The first-order chi connectivity index (χ1) is 9.67. The largest absolute Gasteiger partial charge is 0.489 e. The number of benzene rings is 1. The molecule has 0 aliphatic carbocycles. The van der Waals surface area contributed by atoms with Gasteiger partial charge in [0.2, 0.25) is 0 Å². The fourth-order valence-corrected chi connectivity index (χ4v) is 2.12. The maximum Gasteiger partial charge on any atom is 0.176 e. The molecule has 1 aromatic carbocycles. The molecule has 7 heteroatoms. The van der Waals surface area contributed by atoms with Crippen molar-refractivity contribution >= 4 is 23.2 Å². The molecule has 0 amide bonds. The van der Waals surface area contributed by atoms with Gasteiger partial charge in [-0.15, -0.1) is 0 Å². The summed E-state index contributed by atoms with van der Waals surface area (Å²) in [6, 6.07) is 8.87. The quantitative estimate of drug-likeness (QED) is 0.870. The summed E-state index contributed by atoms with van der Waals surface area (Å²) in [6.45, 7) is 0.610. The predicted molar refractivity (Wildman–Crippen MR) is 73.6 cm³/mol. The van der Waals surface area contributed by atoms with Crippen molar-refractivity contribution in [3.05, 3.63) is 46.0 Å². The average molecular weight is 307 g/mol. The smallest absolute Gasteiger partial charge is 0.176 e. The van der Waals surface area contributed by atoms with Gasteiger partial charge in [0.1, 0.15) is 18.7 Å². The second kappa shape index (κ2) is 6.29. The van der Waals surface area contributed by atoms with E-state index < -0.39 is 0 Å². The van der Waals surface area contributed by atoms with Gasteiger partial charge >= 0.3 is 0 Å². The van der Waals surface area contributed by atoms with Crippen LogP contribution in [0.3, 0.4) is 0 Å². The van der Waals surface area contributed by atoms with E-state index in [1.807, 2.05) is 12.1 Å². The lowest BCUT2D eigenvalue weighted by Gasteiger charge is -2.10. The molecule has 0 atom stereocenters. The second-order valence-electron chi connectivity index (χ2n) is 3.76. The Morgan fingerprint density at radius 2 is 1.90 bits per heavy atom. The Hall–Kier alpha value is -2.21. The molecule has 2 rings (SSSR count). The van der Waals surface area contributed by atoms with Crippen molar-refractivity contribution in [2.75, 3.05) is 6.61 Å². The minimum absolute atomic E-state index is 0.100. The lowest BCUT2D eigenvalue weighted by atomic mass is 10.3. The van der Waals surface area contributed by atoms with Crippen LogP contribution in [0.25, 0.3) is 0 Å². The van der Waals surface area contributed by atoms with Crippen LogP contribution < -0.4 is 4.74 Å². The monoisotopic (exact) mass is 306 g/mol. The van der Waals surface area contributed by atoms with Crippen molar-refractivity contribution in [2.24, 2.45) is 0 Å². The maximum absolute atomic E-state index is 8.98. The van der Waals surface area contributed by atoms with Crippen molar-refractivity contribution in [1.29, 1.82) is 10.5 Å². The summed E-state index contributed by atoms with van der Waals surface area (Å²) in [4.78, 5) is 3.84. The lowest BCUT2D eigenvalue weighted by molar-refractivity contribution is 0.298. The molecule has 100 valence electrons. The Labute approximate surface area is 125 Å². The van der Waals surface area contributed by atoms with Crippen LogP contribution in [0.15, 0.2) is 24.5 Å². The van der Waals surface area contributed by atoms with Crippen LogP contribution in [0.5, 0.6) is 5.75 Å². The van der Waals surface area contributed by atoms with Gasteiger partial charge in [0, 0.05) is 0 Å². The molecule has 1 heterocycles. The molecule has 20 heavy (non-hydrogen) atoms. The van der Waals surface area contributed by atoms with Gasteiger partial charge in [-0.3, -0.25) is 0 Å². The van der Waals surface area contributed by atoms with E-state index in [1.54, 1.807) is 22.8 Å². The van der Waals surface area contributed by atoms with Crippen molar-refractivity contribution in [1.82, 2.24) is 9.55 Å². The molecular formula is C13H8Cl2N4O. The van der Waals surface area contributed by atoms with E-state index in [1.165, 1.54) is 6.33 Å². The number of imidazole rings is 1. The second-order valence-corrected chi connectivity index (χ2v) is 4.57. The number of nitriles is 2. The van der Waals surface area contributed by atoms with Gasteiger partial charge in [-0.25, -0.2) is 4.98 Å². The van der Waals surface area contributed by atoms with Crippen LogP contribution >= 0.6 is 23.2 Å². The summed E-state index contributed by atoms with van der Waals surface area (Å²) in [5.41, 5.74) is 0.310. The van der Waals surface area contributed by atoms with E-state index in [-0.39, 0.29) is 18.0 Å². The van der Waals surface area contributed by atoms with Gasteiger partial charge in [0.05, 0.1) is 22.9 Å². The van der Waals surface area contributed by atoms with Crippen molar-refractivity contribution in [3.8, 4) is 17.9 Å². The molecule has 0 unspecified atom stereocenters. The molecule has 2 aromatic rings. The van der Waals surface area contributed by atoms with E-state index >= 15 is 0 Å². The van der Waals surface area contributed by atoms with Crippen LogP contribution in [0.4, 0.5) is 0 Å². The van der Waals surface area contributed by atoms with Crippen molar-refractivity contribution in [2.45, 2.75) is 6.54 Å². The van der Waals surface area contributed by atoms with Gasteiger partial charge in [-0.1, -0.05) is 29.3 Å². The average Bonchev–Trinajstić information content (AvgIpc) is 2.84. The van der Waals surface area contributed by atoms with Crippen LogP contribution in [0, 0.1) is 22.7 Å². The van der Waals surface area contributed by atoms with Crippen LogP contribution in [-0.2, 0) is 6.54 Å². The molecule has 0 aliphatic rings. The number of nitrogens with zero attached hydrogens (tertiary/aromatic N) is 4. The van der Waals surface area contributed by atoms with E-state index in [2.05, 4.69) is 4.98 Å². The Kier molecular flexibility index (Phi) is 4.47. The summed E-state index contributed by atoms with van der Waals surface area (Å²) in [7, 11) is 0. The zero-order valence-corrected chi connectivity index (χ0v) is 11.7. The maximum atomic E-state index is 8.98. The number of hydrogen-bond donors (Lipinski definition) is 0. The Bertz CT molecular complexity index is 692. The number of ether oxygens (including phenoxy) is 1. The molecule has 0 saturated heterocycles. The third-order valence-corrected chi connectivity index (χ3v) is 3.14. The predicted octanol–water partition coefficient (Wildman–Crippen LogP) is 3.01. The van der Waals surface area contributed by atoms with Gasteiger partial charge in [0.15, 0.2) is 17.1 Å². The Morgan fingerprint density at radius 3 is 2.50 bits per heavy atom. The summed E-state index contributed by atoms with van der Waals surface area (Å²) >= 11 is 11.9. The minimum Gasteiger partial charge on any atom is -0.489 e. The molecule has 0 saturated carbocycles. The summed E-state index contributed by atoms with van der Waals surface area (Å²) < 4.78 is 7.05. The van der Waals surface area contributed by atoms with Gasteiger partial charge in [-0.05, 0) is 12.1 Å².